The van der Waals surface area contributed by atoms with E-state index >= 15 is 0 Å². The van der Waals surface area contributed by atoms with Gasteiger partial charge in [-0.15, -0.1) is 0 Å². The third-order valence-corrected chi connectivity index (χ3v) is 3.92. The Hall–Kier alpha value is -0.930. The van der Waals surface area contributed by atoms with Crippen LogP contribution in [0.3, 0.4) is 0 Å². The fraction of sp³-hybridized carbons (Fsp3) is 0.647. The summed E-state index contributed by atoms with van der Waals surface area (Å²) in [4.78, 5) is 2.22. The van der Waals surface area contributed by atoms with Crippen LogP contribution < -0.4 is 5.32 Å². The van der Waals surface area contributed by atoms with E-state index in [0.29, 0.717) is 24.4 Å². The van der Waals surface area contributed by atoms with E-state index in [0.717, 1.165) is 18.7 Å². The molecule has 1 rings (SSSR count). The Balaban J connectivity index is 2.45. The number of nitrogens with one attached hydrogen (secondary N) is 1. The molecule has 3 heteroatoms. The molecule has 2 unspecified atom stereocenters. The van der Waals surface area contributed by atoms with Crippen LogP contribution in [0, 0.1) is 17.7 Å². The minimum Gasteiger partial charge on any atom is -0.316 e. The summed E-state index contributed by atoms with van der Waals surface area (Å²) in [6.07, 6.45) is 0. The number of nitrogens with zero attached hydrogens (tertiary/aromatic N) is 1. The lowest BCUT2D eigenvalue weighted by Crippen LogP contribution is -2.39. The first kappa shape index (κ1) is 17.1. The highest BCUT2D eigenvalue weighted by Gasteiger charge is 2.17. The second-order valence-electron chi connectivity index (χ2n) is 6.28. The lowest BCUT2D eigenvalue weighted by molar-refractivity contribution is 0.186. The summed E-state index contributed by atoms with van der Waals surface area (Å²) in [5.41, 5.74) is 0.768. The van der Waals surface area contributed by atoms with Crippen LogP contribution in [0.15, 0.2) is 24.3 Å². The molecule has 0 saturated heterocycles. The van der Waals surface area contributed by atoms with E-state index in [1.807, 2.05) is 12.1 Å². The largest absolute Gasteiger partial charge is 0.316 e. The molecule has 0 bridgehead atoms. The van der Waals surface area contributed by atoms with Gasteiger partial charge in [0.2, 0.25) is 0 Å². The van der Waals surface area contributed by atoms with Crippen LogP contribution in [-0.2, 0) is 6.54 Å². The van der Waals surface area contributed by atoms with E-state index in [-0.39, 0.29) is 5.82 Å². The average Bonchev–Trinajstić information content (AvgIpc) is 2.39. The highest BCUT2D eigenvalue weighted by Crippen LogP contribution is 2.14. The number of halogens is 1. The van der Waals surface area contributed by atoms with Crippen molar-refractivity contribution < 1.29 is 4.39 Å². The molecule has 0 fully saturated rings. The maximum Gasteiger partial charge on any atom is 0.127 e. The first-order valence-electron chi connectivity index (χ1n) is 7.56. The summed E-state index contributed by atoms with van der Waals surface area (Å²) in [5, 5.41) is 3.49. The number of hydrogen-bond donors (Lipinski definition) is 1. The first-order valence-corrected chi connectivity index (χ1v) is 7.56. The number of benzene rings is 1. The van der Waals surface area contributed by atoms with Crippen LogP contribution in [0.4, 0.5) is 4.39 Å². The highest BCUT2D eigenvalue weighted by atomic mass is 19.1. The van der Waals surface area contributed by atoms with Crippen LogP contribution in [0.25, 0.3) is 0 Å². The molecule has 1 N–H and O–H groups in total. The molecular weight excluding hydrogens is 251 g/mol. The van der Waals surface area contributed by atoms with Crippen molar-refractivity contribution in [1.29, 1.82) is 0 Å². The topological polar surface area (TPSA) is 15.3 Å². The monoisotopic (exact) mass is 280 g/mol. The van der Waals surface area contributed by atoms with Crippen molar-refractivity contribution in [2.45, 2.75) is 40.3 Å². The third-order valence-electron chi connectivity index (χ3n) is 3.92. The van der Waals surface area contributed by atoms with Gasteiger partial charge in [0, 0.05) is 18.2 Å². The smallest absolute Gasteiger partial charge is 0.127 e. The molecule has 0 heterocycles. The molecule has 2 atom stereocenters. The predicted octanol–water partition coefficient (Wildman–Crippen LogP) is 3.53. The van der Waals surface area contributed by atoms with Gasteiger partial charge in [-0.1, -0.05) is 39.0 Å². The molecule has 0 radical (unpaired) electrons. The second kappa shape index (κ2) is 8.38. The van der Waals surface area contributed by atoms with Crippen molar-refractivity contribution >= 4 is 0 Å². The molecular formula is C17H29FN2. The van der Waals surface area contributed by atoms with Crippen LogP contribution in [-0.4, -0.2) is 31.1 Å². The highest BCUT2D eigenvalue weighted by molar-refractivity contribution is 5.17. The Labute approximate surface area is 123 Å². The van der Waals surface area contributed by atoms with E-state index in [9.17, 15) is 4.39 Å². The third kappa shape index (κ3) is 5.59. The summed E-state index contributed by atoms with van der Waals surface area (Å²) in [6, 6.07) is 7.43. The standard InChI is InChI=1S/C17H29FN2/c1-13(2)10-19-11-14(3)15(4)20(5)12-16-8-6-7-9-17(16)18/h6-9,13-15,19H,10-12H2,1-5H3. The zero-order valence-corrected chi connectivity index (χ0v) is 13.5. The SMILES string of the molecule is CC(C)CNCC(C)C(C)N(C)Cc1ccccc1F. The van der Waals surface area contributed by atoms with E-state index < -0.39 is 0 Å². The normalized spacial score (nSPS) is 14.8. The molecule has 0 aliphatic rings. The zero-order chi connectivity index (χ0) is 15.1. The van der Waals surface area contributed by atoms with Crippen molar-refractivity contribution in [2.24, 2.45) is 11.8 Å². The number of hydrogen-bond acceptors (Lipinski definition) is 2. The van der Waals surface area contributed by atoms with Crippen LogP contribution in [0.1, 0.15) is 33.3 Å². The van der Waals surface area contributed by atoms with Crippen molar-refractivity contribution in [3.8, 4) is 0 Å². The molecule has 0 aromatic heterocycles. The molecule has 0 saturated carbocycles. The summed E-state index contributed by atoms with van der Waals surface area (Å²) in [5.74, 6) is 1.09. The Morgan fingerprint density at radius 1 is 1.10 bits per heavy atom. The average molecular weight is 280 g/mol. The summed E-state index contributed by atoms with van der Waals surface area (Å²) >= 11 is 0. The molecule has 0 amide bonds. The first-order chi connectivity index (χ1) is 9.41. The molecule has 0 spiro atoms. The van der Waals surface area contributed by atoms with Crippen molar-refractivity contribution in [2.75, 3.05) is 20.1 Å². The van der Waals surface area contributed by atoms with Gasteiger partial charge in [0.1, 0.15) is 5.82 Å². The second-order valence-corrected chi connectivity index (χ2v) is 6.28. The lowest BCUT2D eigenvalue weighted by Gasteiger charge is -2.30. The summed E-state index contributed by atoms with van der Waals surface area (Å²) in [7, 11) is 2.07. The Kier molecular flexibility index (Phi) is 7.17. The van der Waals surface area contributed by atoms with E-state index in [1.165, 1.54) is 6.07 Å². The van der Waals surface area contributed by atoms with Gasteiger partial charge in [-0.05, 0) is 45.0 Å². The molecule has 1 aromatic rings. The van der Waals surface area contributed by atoms with Gasteiger partial charge in [0.25, 0.3) is 0 Å². The molecule has 20 heavy (non-hydrogen) atoms. The van der Waals surface area contributed by atoms with Crippen LogP contribution in [0.2, 0.25) is 0 Å². The van der Waals surface area contributed by atoms with Gasteiger partial charge in [0.15, 0.2) is 0 Å². The number of rotatable bonds is 8. The minimum absolute atomic E-state index is 0.114. The maximum atomic E-state index is 13.7. The predicted molar refractivity (Wildman–Crippen MR) is 84.2 cm³/mol. The van der Waals surface area contributed by atoms with Crippen molar-refractivity contribution in [3.05, 3.63) is 35.6 Å². The zero-order valence-electron chi connectivity index (χ0n) is 13.5. The van der Waals surface area contributed by atoms with Crippen molar-refractivity contribution in [1.82, 2.24) is 10.2 Å². The van der Waals surface area contributed by atoms with Gasteiger partial charge >= 0.3 is 0 Å². The lowest BCUT2D eigenvalue weighted by atomic mass is 10.0. The fourth-order valence-corrected chi connectivity index (χ4v) is 2.24. The molecule has 114 valence electrons. The molecule has 2 nitrogen and oxygen atoms in total. The molecule has 0 aliphatic carbocycles. The van der Waals surface area contributed by atoms with Crippen LogP contribution in [0.5, 0.6) is 0 Å². The van der Waals surface area contributed by atoms with Gasteiger partial charge in [-0.3, -0.25) is 4.90 Å². The fourth-order valence-electron chi connectivity index (χ4n) is 2.24. The minimum atomic E-state index is -0.114. The van der Waals surface area contributed by atoms with E-state index in [2.05, 4.69) is 45.0 Å². The van der Waals surface area contributed by atoms with E-state index in [4.69, 9.17) is 0 Å². The summed E-state index contributed by atoms with van der Waals surface area (Å²) in [6.45, 7) is 11.6. The van der Waals surface area contributed by atoms with E-state index in [1.54, 1.807) is 6.07 Å². The summed E-state index contributed by atoms with van der Waals surface area (Å²) < 4.78 is 13.7. The maximum absolute atomic E-state index is 13.7. The van der Waals surface area contributed by atoms with Gasteiger partial charge in [-0.2, -0.15) is 0 Å². The Morgan fingerprint density at radius 2 is 1.75 bits per heavy atom. The van der Waals surface area contributed by atoms with Crippen molar-refractivity contribution in [3.63, 3.8) is 0 Å². The van der Waals surface area contributed by atoms with Gasteiger partial charge in [-0.25, -0.2) is 4.39 Å². The molecule has 0 aliphatic heterocycles. The Morgan fingerprint density at radius 3 is 2.35 bits per heavy atom. The van der Waals surface area contributed by atoms with Gasteiger partial charge in [0.05, 0.1) is 0 Å². The van der Waals surface area contributed by atoms with Gasteiger partial charge < -0.3 is 5.32 Å². The van der Waals surface area contributed by atoms with Crippen LogP contribution >= 0.6 is 0 Å². The quantitative estimate of drug-likeness (QED) is 0.783. The molecule has 1 aromatic carbocycles. The Bertz CT molecular complexity index is 392.